The number of aliphatic carboxylic acids is 1. The normalized spacial score (nSPS) is 11.3. The number of carboxylic acid groups (broad SMARTS) is 1. The van der Waals surface area contributed by atoms with Gasteiger partial charge in [0, 0.05) is 24.2 Å². The van der Waals surface area contributed by atoms with E-state index in [2.05, 4.69) is 29.2 Å². The smallest absolute Gasteiger partial charge is 0.309 e. The molecule has 0 spiro atoms. The zero-order valence-electron chi connectivity index (χ0n) is 11.4. The predicted octanol–water partition coefficient (Wildman–Crippen LogP) is 3.35. The van der Waals surface area contributed by atoms with E-state index in [-0.39, 0.29) is 0 Å². The van der Waals surface area contributed by atoms with Gasteiger partial charge in [0.05, 0.1) is 5.41 Å². The highest BCUT2D eigenvalue weighted by molar-refractivity contribution is 7.98. The van der Waals surface area contributed by atoms with Gasteiger partial charge < -0.3 is 10.0 Å². The van der Waals surface area contributed by atoms with Crippen LogP contribution in [0.25, 0.3) is 0 Å². The second kappa shape index (κ2) is 6.14. The molecule has 0 saturated carbocycles. The van der Waals surface area contributed by atoms with Crippen LogP contribution in [0.2, 0.25) is 0 Å². The molecule has 0 radical (unpaired) electrons. The maximum Gasteiger partial charge on any atom is 0.309 e. The molecule has 0 aliphatic heterocycles. The van der Waals surface area contributed by atoms with Gasteiger partial charge in [0.2, 0.25) is 0 Å². The van der Waals surface area contributed by atoms with E-state index >= 15 is 0 Å². The van der Waals surface area contributed by atoms with Gasteiger partial charge >= 0.3 is 5.97 Å². The summed E-state index contributed by atoms with van der Waals surface area (Å²) in [6.07, 6.45) is 2.68. The Balaban J connectivity index is 2.59. The minimum Gasteiger partial charge on any atom is -0.481 e. The summed E-state index contributed by atoms with van der Waals surface area (Å²) in [5.41, 5.74) is 0.446. The van der Waals surface area contributed by atoms with Crippen LogP contribution in [0.3, 0.4) is 0 Å². The third-order valence-electron chi connectivity index (χ3n) is 3.16. The number of rotatable bonds is 6. The summed E-state index contributed by atoms with van der Waals surface area (Å²) in [6, 6.07) is 8.30. The Kier molecular flexibility index (Phi) is 5.08. The predicted molar refractivity (Wildman–Crippen MR) is 77.5 cm³/mol. The minimum absolute atomic E-state index is 0.628. The Bertz CT molecular complexity index is 401. The second-order valence-corrected chi connectivity index (χ2v) is 5.94. The molecule has 0 aromatic heterocycles. The zero-order valence-corrected chi connectivity index (χ0v) is 12.3. The average molecular weight is 267 g/mol. The topological polar surface area (TPSA) is 40.5 Å². The van der Waals surface area contributed by atoms with Gasteiger partial charge in [-0.15, -0.1) is 11.8 Å². The molecule has 1 rings (SSSR count). The number of hydrogen-bond donors (Lipinski definition) is 1. The van der Waals surface area contributed by atoms with Crippen LogP contribution in [0, 0.1) is 5.41 Å². The average Bonchev–Trinajstić information content (AvgIpc) is 2.36. The van der Waals surface area contributed by atoms with Crippen molar-refractivity contribution >= 4 is 23.4 Å². The molecule has 0 atom stereocenters. The summed E-state index contributed by atoms with van der Waals surface area (Å²) in [6.45, 7) is 4.26. The molecule has 0 heterocycles. The number of benzene rings is 1. The lowest BCUT2D eigenvalue weighted by molar-refractivity contribution is -0.147. The van der Waals surface area contributed by atoms with Crippen LogP contribution in [0.5, 0.6) is 0 Å². The molecule has 0 bridgehead atoms. The first kappa shape index (κ1) is 14.9. The van der Waals surface area contributed by atoms with E-state index in [9.17, 15) is 4.79 Å². The van der Waals surface area contributed by atoms with Gasteiger partial charge in [0.1, 0.15) is 0 Å². The molecule has 0 aliphatic rings. The Morgan fingerprint density at radius 3 is 2.33 bits per heavy atom. The first-order valence-corrected chi connectivity index (χ1v) is 7.18. The van der Waals surface area contributed by atoms with Crippen molar-refractivity contribution < 1.29 is 9.90 Å². The van der Waals surface area contributed by atoms with Crippen molar-refractivity contribution in [2.45, 2.75) is 25.2 Å². The molecule has 100 valence electrons. The van der Waals surface area contributed by atoms with E-state index in [0.29, 0.717) is 6.42 Å². The zero-order chi connectivity index (χ0) is 13.8. The van der Waals surface area contributed by atoms with Crippen molar-refractivity contribution in [1.29, 1.82) is 0 Å². The number of carboxylic acids is 1. The standard InChI is InChI=1S/C14H21NO2S/c1-14(2,13(16)17)9-10-15(3)11-5-7-12(18-4)8-6-11/h5-8H,9-10H2,1-4H3,(H,16,17). The molecule has 0 amide bonds. The Morgan fingerprint density at radius 2 is 1.89 bits per heavy atom. The molecule has 0 fully saturated rings. The highest BCUT2D eigenvalue weighted by Crippen LogP contribution is 2.24. The van der Waals surface area contributed by atoms with Crippen molar-refractivity contribution in [3.63, 3.8) is 0 Å². The molecule has 3 nitrogen and oxygen atoms in total. The SMILES string of the molecule is CSc1ccc(N(C)CCC(C)(C)C(=O)O)cc1. The Hall–Kier alpha value is -1.16. The lowest BCUT2D eigenvalue weighted by atomic mass is 9.89. The monoisotopic (exact) mass is 267 g/mol. The van der Waals surface area contributed by atoms with Gasteiger partial charge in [-0.1, -0.05) is 0 Å². The summed E-state index contributed by atoms with van der Waals surface area (Å²) < 4.78 is 0. The van der Waals surface area contributed by atoms with Crippen LogP contribution in [-0.2, 0) is 4.79 Å². The summed E-state index contributed by atoms with van der Waals surface area (Å²) >= 11 is 1.71. The summed E-state index contributed by atoms with van der Waals surface area (Å²) in [7, 11) is 1.99. The van der Waals surface area contributed by atoms with Crippen molar-refractivity contribution in [1.82, 2.24) is 0 Å². The third kappa shape index (κ3) is 3.95. The fraction of sp³-hybridized carbons (Fsp3) is 0.500. The quantitative estimate of drug-likeness (QED) is 0.802. The molecule has 1 aromatic rings. The lowest BCUT2D eigenvalue weighted by Gasteiger charge is -2.25. The Morgan fingerprint density at radius 1 is 1.33 bits per heavy atom. The molecule has 18 heavy (non-hydrogen) atoms. The first-order chi connectivity index (χ1) is 8.36. The van der Waals surface area contributed by atoms with E-state index in [0.717, 1.165) is 12.2 Å². The van der Waals surface area contributed by atoms with Gasteiger partial charge in [-0.3, -0.25) is 4.79 Å². The number of nitrogens with zero attached hydrogens (tertiary/aromatic N) is 1. The van der Waals surface area contributed by atoms with Gasteiger partial charge in [-0.05, 0) is 50.8 Å². The molecular weight excluding hydrogens is 246 g/mol. The van der Waals surface area contributed by atoms with Crippen LogP contribution in [0.15, 0.2) is 29.2 Å². The molecule has 1 aromatic carbocycles. The molecular formula is C14H21NO2S. The van der Waals surface area contributed by atoms with Gasteiger partial charge in [0.25, 0.3) is 0 Å². The number of carbonyl (C=O) groups is 1. The fourth-order valence-electron chi connectivity index (χ4n) is 1.52. The molecule has 4 heteroatoms. The van der Waals surface area contributed by atoms with E-state index in [1.807, 2.05) is 13.3 Å². The maximum atomic E-state index is 11.0. The summed E-state index contributed by atoms with van der Waals surface area (Å²) in [5.74, 6) is -0.742. The van der Waals surface area contributed by atoms with Crippen molar-refractivity contribution in [3.05, 3.63) is 24.3 Å². The molecule has 1 N–H and O–H groups in total. The van der Waals surface area contributed by atoms with Crippen LogP contribution in [-0.4, -0.2) is 30.9 Å². The van der Waals surface area contributed by atoms with Gasteiger partial charge in [-0.2, -0.15) is 0 Å². The van der Waals surface area contributed by atoms with Gasteiger partial charge in [-0.25, -0.2) is 0 Å². The third-order valence-corrected chi connectivity index (χ3v) is 3.91. The van der Waals surface area contributed by atoms with Crippen LogP contribution in [0.1, 0.15) is 20.3 Å². The summed E-state index contributed by atoms with van der Waals surface area (Å²) in [5, 5.41) is 9.07. The van der Waals surface area contributed by atoms with Crippen molar-refractivity contribution in [2.75, 3.05) is 24.7 Å². The molecule has 0 aliphatic carbocycles. The highest BCUT2D eigenvalue weighted by Gasteiger charge is 2.26. The van der Waals surface area contributed by atoms with E-state index in [4.69, 9.17) is 5.11 Å². The van der Waals surface area contributed by atoms with Crippen molar-refractivity contribution in [2.24, 2.45) is 5.41 Å². The lowest BCUT2D eigenvalue weighted by Crippen LogP contribution is -2.30. The number of anilines is 1. The number of hydrogen-bond acceptors (Lipinski definition) is 3. The maximum absolute atomic E-state index is 11.0. The molecule has 0 unspecified atom stereocenters. The van der Waals surface area contributed by atoms with E-state index in [1.165, 1.54) is 4.90 Å². The van der Waals surface area contributed by atoms with Crippen LogP contribution >= 0.6 is 11.8 Å². The summed E-state index contributed by atoms with van der Waals surface area (Å²) in [4.78, 5) is 14.4. The van der Waals surface area contributed by atoms with Crippen LogP contribution in [0.4, 0.5) is 5.69 Å². The van der Waals surface area contributed by atoms with Crippen LogP contribution < -0.4 is 4.90 Å². The second-order valence-electron chi connectivity index (χ2n) is 5.06. The minimum atomic E-state index is -0.742. The van der Waals surface area contributed by atoms with E-state index in [1.54, 1.807) is 25.6 Å². The van der Waals surface area contributed by atoms with Gasteiger partial charge in [0.15, 0.2) is 0 Å². The fourth-order valence-corrected chi connectivity index (χ4v) is 1.93. The number of thioether (sulfide) groups is 1. The first-order valence-electron chi connectivity index (χ1n) is 5.95. The molecule has 0 saturated heterocycles. The largest absolute Gasteiger partial charge is 0.481 e. The van der Waals surface area contributed by atoms with E-state index < -0.39 is 11.4 Å². The van der Waals surface area contributed by atoms with Crippen molar-refractivity contribution in [3.8, 4) is 0 Å². The Labute approximate surface area is 113 Å². The highest BCUT2D eigenvalue weighted by atomic mass is 32.2.